The molecule has 0 radical (unpaired) electrons. The van der Waals surface area contributed by atoms with E-state index in [0.717, 1.165) is 35.5 Å². The Kier molecular flexibility index (Phi) is 5.04. The molecule has 0 unspecified atom stereocenters. The lowest BCUT2D eigenvalue weighted by atomic mass is 10.1. The lowest BCUT2D eigenvalue weighted by molar-refractivity contribution is 0.118. The number of ether oxygens (including phenoxy) is 1. The molecule has 5 heteroatoms. The largest absolute Gasteiger partial charge is 0.399 e. The molecule has 20 heavy (non-hydrogen) atoms. The van der Waals surface area contributed by atoms with Crippen molar-refractivity contribution in [3.63, 3.8) is 0 Å². The highest BCUT2D eigenvalue weighted by Crippen LogP contribution is 2.21. The second kappa shape index (κ2) is 6.77. The SMILES string of the molecule is CCc1nn(C)c(COCCc2ccccc2N)c1Cl. The third-order valence-corrected chi connectivity index (χ3v) is 3.75. The average molecular weight is 294 g/mol. The van der Waals surface area contributed by atoms with Crippen LogP contribution in [0, 0.1) is 0 Å². The minimum atomic E-state index is 0.467. The molecule has 1 aromatic heterocycles. The van der Waals surface area contributed by atoms with Crippen LogP contribution in [0.25, 0.3) is 0 Å². The molecule has 2 rings (SSSR count). The second-order valence-corrected chi connectivity index (χ2v) is 5.06. The maximum atomic E-state index is 6.27. The zero-order valence-electron chi connectivity index (χ0n) is 11.9. The summed E-state index contributed by atoms with van der Waals surface area (Å²) < 4.78 is 7.49. The van der Waals surface area contributed by atoms with Crippen LogP contribution in [0.1, 0.15) is 23.9 Å². The summed E-state index contributed by atoms with van der Waals surface area (Å²) in [6, 6.07) is 7.84. The van der Waals surface area contributed by atoms with Crippen LogP contribution >= 0.6 is 11.6 Å². The standard InChI is InChI=1S/C15H20ClN3O/c1-3-13-15(16)14(19(2)18-13)10-20-9-8-11-6-4-5-7-12(11)17/h4-7H,3,8-10,17H2,1-2H3. The van der Waals surface area contributed by atoms with Gasteiger partial charge in [0.1, 0.15) is 0 Å². The van der Waals surface area contributed by atoms with Gasteiger partial charge in [0, 0.05) is 12.7 Å². The van der Waals surface area contributed by atoms with Gasteiger partial charge in [-0.25, -0.2) is 0 Å². The van der Waals surface area contributed by atoms with Crippen molar-refractivity contribution in [2.75, 3.05) is 12.3 Å². The van der Waals surface area contributed by atoms with Gasteiger partial charge in [0.15, 0.2) is 0 Å². The third-order valence-electron chi connectivity index (χ3n) is 3.31. The summed E-state index contributed by atoms with van der Waals surface area (Å²) in [4.78, 5) is 0. The molecule has 0 aliphatic rings. The number of hydrogen-bond acceptors (Lipinski definition) is 3. The molecule has 0 aliphatic heterocycles. The highest BCUT2D eigenvalue weighted by Gasteiger charge is 2.12. The number of nitrogens with two attached hydrogens (primary N) is 1. The minimum Gasteiger partial charge on any atom is -0.399 e. The van der Waals surface area contributed by atoms with E-state index in [1.807, 2.05) is 38.2 Å². The van der Waals surface area contributed by atoms with Gasteiger partial charge < -0.3 is 10.5 Å². The number of halogens is 1. The number of benzene rings is 1. The molecule has 0 amide bonds. The zero-order chi connectivity index (χ0) is 14.5. The molecular weight excluding hydrogens is 274 g/mol. The lowest BCUT2D eigenvalue weighted by Gasteiger charge is -2.07. The fraction of sp³-hybridized carbons (Fsp3) is 0.400. The molecule has 0 aliphatic carbocycles. The summed E-state index contributed by atoms with van der Waals surface area (Å²) in [6.07, 6.45) is 1.62. The van der Waals surface area contributed by atoms with Gasteiger partial charge >= 0.3 is 0 Å². The van der Waals surface area contributed by atoms with Crippen molar-refractivity contribution in [2.24, 2.45) is 7.05 Å². The number of rotatable bonds is 6. The third kappa shape index (κ3) is 3.32. The van der Waals surface area contributed by atoms with Crippen LogP contribution in [0.4, 0.5) is 5.69 Å². The van der Waals surface area contributed by atoms with E-state index >= 15 is 0 Å². The number of aryl methyl sites for hydroxylation is 2. The van der Waals surface area contributed by atoms with Gasteiger partial charge in [0.2, 0.25) is 0 Å². The van der Waals surface area contributed by atoms with Gasteiger partial charge in [0.05, 0.1) is 29.6 Å². The fourth-order valence-electron chi connectivity index (χ4n) is 2.09. The fourth-order valence-corrected chi connectivity index (χ4v) is 2.44. The summed E-state index contributed by atoms with van der Waals surface area (Å²) in [6.45, 7) is 3.11. The Morgan fingerprint density at radius 2 is 2.10 bits per heavy atom. The van der Waals surface area contributed by atoms with Crippen LogP contribution in [-0.2, 0) is 31.2 Å². The Hall–Kier alpha value is -1.52. The zero-order valence-corrected chi connectivity index (χ0v) is 12.7. The van der Waals surface area contributed by atoms with E-state index in [2.05, 4.69) is 5.10 Å². The van der Waals surface area contributed by atoms with Crippen LogP contribution in [0.15, 0.2) is 24.3 Å². The van der Waals surface area contributed by atoms with Gasteiger partial charge in [-0.15, -0.1) is 0 Å². The van der Waals surface area contributed by atoms with E-state index in [1.165, 1.54) is 0 Å². The maximum Gasteiger partial charge on any atom is 0.0900 e. The van der Waals surface area contributed by atoms with E-state index in [0.29, 0.717) is 18.2 Å². The number of nitrogens with zero attached hydrogens (tertiary/aromatic N) is 2. The Balaban J connectivity index is 1.88. The van der Waals surface area contributed by atoms with E-state index < -0.39 is 0 Å². The Morgan fingerprint density at radius 1 is 1.35 bits per heavy atom. The van der Waals surface area contributed by atoms with Crippen molar-refractivity contribution < 1.29 is 4.74 Å². The van der Waals surface area contributed by atoms with E-state index in [1.54, 1.807) is 4.68 Å². The molecular formula is C15H20ClN3O. The smallest absolute Gasteiger partial charge is 0.0900 e. The molecule has 0 saturated heterocycles. The molecule has 108 valence electrons. The number of hydrogen-bond donors (Lipinski definition) is 1. The molecule has 1 heterocycles. The molecule has 4 nitrogen and oxygen atoms in total. The van der Waals surface area contributed by atoms with Crippen molar-refractivity contribution in [3.8, 4) is 0 Å². The summed E-state index contributed by atoms with van der Waals surface area (Å²) in [7, 11) is 1.89. The van der Waals surface area contributed by atoms with Gasteiger partial charge in [-0.05, 0) is 24.5 Å². The highest BCUT2D eigenvalue weighted by molar-refractivity contribution is 6.31. The van der Waals surface area contributed by atoms with Gasteiger partial charge in [-0.3, -0.25) is 4.68 Å². The molecule has 0 saturated carbocycles. The molecule has 2 aromatic rings. The molecule has 0 spiro atoms. The molecule has 0 bridgehead atoms. The lowest BCUT2D eigenvalue weighted by Crippen LogP contribution is -2.05. The van der Waals surface area contributed by atoms with E-state index in [4.69, 9.17) is 22.1 Å². The quantitative estimate of drug-likeness (QED) is 0.658. The summed E-state index contributed by atoms with van der Waals surface area (Å²) in [5.41, 5.74) is 9.65. The number of para-hydroxylation sites is 1. The van der Waals surface area contributed by atoms with Crippen molar-refractivity contribution in [1.29, 1.82) is 0 Å². The molecule has 0 fully saturated rings. The normalized spacial score (nSPS) is 10.9. The van der Waals surface area contributed by atoms with Crippen LogP contribution in [0.3, 0.4) is 0 Å². The first-order valence-corrected chi connectivity index (χ1v) is 7.12. The first-order chi connectivity index (χ1) is 9.63. The molecule has 0 atom stereocenters. The van der Waals surface area contributed by atoms with Gasteiger partial charge in [-0.1, -0.05) is 36.7 Å². The van der Waals surface area contributed by atoms with Crippen LogP contribution in [0.2, 0.25) is 5.02 Å². The predicted octanol–water partition coefficient (Wildman–Crippen LogP) is 2.98. The van der Waals surface area contributed by atoms with Crippen LogP contribution in [-0.4, -0.2) is 16.4 Å². The maximum absolute atomic E-state index is 6.27. The monoisotopic (exact) mass is 293 g/mol. The second-order valence-electron chi connectivity index (χ2n) is 4.69. The minimum absolute atomic E-state index is 0.467. The van der Waals surface area contributed by atoms with Gasteiger partial charge in [-0.2, -0.15) is 5.10 Å². The molecule has 1 aromatic carbocycles. The highest BCUT2D eigenvalue weighted by atomic mass is 35.5. The first-order valence-electron chi connectivity index (χ1n) is 6.74. The number of aromatic nitrogens is 2. The summed E-state index contributed by atoms with van der Waals surface area (Å²) >= 11 is 6.27. The van der Waals surface area contributed by atoms with Gasteiger partial charge in [0.25, 0.3) is 0 Å². The predicted molar refractivity (Wildman–Crippen MR) is 81.8 cm³/mol. The average Bonchev–Trinajstić information content (AvgIpc) is 2.72. The molecule has 2 N–H and O–H groups in total. The van der Waals surface area contributed by atoms with Crippen LogP contribution < -0.4 is 5.73 Å². The van der Waals surface area contributed by atoms with E-state index in [-0.39, 0.29) is 0 Å². The van der Waals surface area contributed by atoms with Crippen LogP contribution in [0.5, 0.6) is 0 Å². The Bertz CT molecular complexity index is 580. The topological polar surface area (TPSA) is 53.1 Å². The van der Waals surface area contributed by atoms with E-state index in [9.17, 15) is 0 Å². The van der Waals surface area contributed by atoms with Crippen molar-refractivity contribution >= 4 is 17.3 Å². The summed E-state index contributed by atoms with van der Waals surface area (Å²) in [5, 5.41) is 5.08. The van der Waals surface area contributed by atoms with Crippen molar-refractivity contribution in [3.05, 3.63) is 46.2 Å². The number of anilines is 1. The van der Waals surface area contributed by atoms with Crippen molar-refractivity contribution in [2.45, 2.75) is 26.4 Å². The first kappa shape index (κ1) is 14.9. The Morgan fingerprint density at radius 3 is 2.75 bits per heavy atom. The van der Waals surface area contributed by atoms with Crippen molar-refractivity contribution in [1.82, 2.24) is 9.78 Å². The summed E-state index contributed by atoms with van der Waals surface area (Å²) in [5.74, 6) is 0. The number of nitrogen functional groups attached to an aromatic ring is 1. The Labute approximate surface area is 124 Å².